The van der Waals surface area contributed by atoms with E-state index >= 15 is 0 Å². The van der Waals surface area contributed by atoms with E-state index in [-0.39, 0.29) is 12.2 Å². The van der Waals surface area contributed by atoms with E-state index in [0.717, 1.165) is 15.6 Å². The molecule has 0 bridgehead atoms. The quantitative estimate of drug-likeness (QED) is 0.752. The number of rotatable bonds is 3. The summed E-state index contributed by atoms with van der Waals surface area (Å²) in [7, 11) is 0. The third-order valence-electron chi connectivity index (χ3n) is 3.55. The van der Waals surface area contributed by atoms with Gasteiger partial charge in [-0.25, -0.2) is 4.39 Å². The maximum atomic E-state index is 13.8. The van der Waals surface area contributed by atoms with Crippen LogP contribution in [0.2, 0.25) is 0 Å². The van der Waals surface area contributed by atoms with Crippen LogP contribution in [0.3, 0.4) is 0 Å². The molecule has 0 saturated carbocycles. The third kappa shape index (κ3) is 2.35. The Morgan fingerprint density at radius 2 is 1.90 bits per heavy atom. The molecule has 1 heterocycles. The third-order valence-corrected chi connectivity index (χ3v) is 4.52. The fraction of sp³-hybridized carbons (Fsp3) is 0.176. The fourth-order valence-corrected chi connectivity index (χ4v) is 3.56. The first kappa shape index (κ1) is 13.3. The lowest BCUT2D eigenvalue weighted by molar-refractivity contribution is 0.0584. The average Bonchev–Trinajstić information content (AvgIpc) is 2.89. The molecule has 20 heavy (non-hydrogen) atoms. The molecule has 3 aromatic rings. The van der Waals surface area contributed by atoms with Crippen LogP contribution in [0.1, 0.15) is 18.1 Å². The van der Waals surface area contributed by atoms with Gasteiger partial charge in [-0.2, -0.15) is 0 Å². The number of benzene rings is 2. The lowest BCUT2D eigenvalue weighted by Gasteiger charge is -2.25. The van der Waals surface area contributed by atoms with E-state index in [2.05, 4.69) is 0 Å². The minimum absolute atomic E-state index is 0.261. The van der Waals surface area contributed by atoms with Crippen molar-refractivity contribution in [1.29, 1.82) is 0 Å². The number of aliphatic hydroxyl groups is 1. The van der Waals surface area contributed by atoms with Gasteiger partial charge in [0, 0.05) is 16.7 Å². The van der Waals surface area contributed by atoms with Gasteiger partial charge >= 0.3 is 0 Å². The number of thiophene rings is 1. The zero-order valence-corrected chi connectivity index (χ0v) is 12.0. The van der Waals surface area contributed by atoms with E-state index < -0.39 is 5.60 Å². The first-order valence-electron chi connectivity index (χ1n) is 6.50. The predicted molar refractivity (Wildman–Crippen MR) is 81.5 cm³/mol. The lowest BCUT2D eigenvalue weighted by Crippen LogP contribution is -2.24. The maximum Gasteiger partial charge on any atom is 0.126 e. The summed E-state index contributed by atoms with van der Waals surface area (Å²) in [5.74, 6) is -0.272. The minimum Gasteiger partial charge on any atom is -0.385 e. The van der Waals surface area contributed by atoms with Crippen LogP contribution in [0.15, 0.2) is 53.9 Å². The van der Waals surface area contributed by atoms with Gasteiger partial charge in [0.05, 0.1) is 5.60 Å². The topological polar surface area (TPSA) is 20.2 Å². The van der Waals surface area contributed by atoms with Crippen LogP contribution in [0.4, 0.5) is 4.39 Å². The second-order valence-corrected chi connectivity index (χ2v) is 6.10. The molecule has 0 spiro atoms. The molecule has 0 amide bonds. The Labute approximate surface area is 121 Å². The van der Waals surface area contributed by atoms with Gasteiger partial charge in [0.2, 0.25) is 0 Å². The van der Waals surface area contributed by atoms with Crippen molar-refractivity contribution in [3.05, 3.63) is 70.9 Å². The van der Waals surface area contributed by atoms with Crippen molar-refractivity contribution in [2.24, 2.45) is 0 Å². The Kier molecular flexibility index (Phi) is 3.32. The number of hydrogen-bond donors (Lipinski definition) is 1. The van der Waals surface area contributed by atoms with Gasteiger partial charge in [0.1, 0.15) is 5.82 Å². The Morgan fingerprint density at radius 3 is 2.70 bits per heavy atom. The Morgan fingerprint density at radius 1 is 1.10 bits per heavy atom. The molecule has 0 aliphatic rings. The van der Waals surface area contributed by atoms with E-state index in [9.17, 15) is 9.50 Å². The van der Waals surface area contributed by atoms with Gasteiger partial charge < -0.3 is 5.11 Å². The molecule has 0 aliphatic carbocycles. The highest BCUT2D eigenvalue weighted by molar-refractivity contribution is 7.17. The monoisotopic (exact) mass is 286 g/mol. The van der Waals surface area contributed by atoms with Crippen molar-refractivity contribution >= 4 is 21.4 Å². The maximum absolute atomic E-state index is 13.8. The van der Waals surface area contributed by atoms with E-state index in [4.69, 9.17) is 0 Å². The first-order chi connectivity index (χ1) is 9.58. The summed E-state index contributed by atoms with van der Waals surface area (Å²) in [6, 6.07) is 14.5. The average molecular weight is 286 g/mol. The smallest absolute Gasteiger partial charge is 0.126 e. The number of fused-ring (bicyclic) bond motifs is 1. The molecule has 3 rings (SSSR count). The Balaban J connectivity index is 2.04. The lowest BCUT2D eigenvalue weighted by atomic mass is 9.88. The van der Waals surface area contributed by atoms with E-state index in [1.165, 1.54) is 6.07 Å². The van der Waals surface area contributed by atoms with E-state index in [0.29, 0.717) is 5.56 Å². The normalized spacial score (nSPS) is 14.3. The largest absolute Gasteiger partial charge is 0.385 e. The molecule has 1 N–H and O–H groups in total. The van der Waals surface area contributed by atoms with E-state index in [1.807, 2.05) is 29.6 Å². The van der Waals surface area contributed by atoms with Crippen molar-refractivity contribution < 1.29 is 9.50 Å². The van der Waals surface area contributed by atoms with Gasteiger partial charge in [0.15, 0.2) is 0 Å². The molecule has 1 nitrogen and oxygen atoms in total. The zero-order chi connectivity index (χ0) is 14.2. The first-order valence-corrected chi connectivity index (χ1v) is 7.38. The van der Waals surface area contributed by atoms with Crippen molar-refractivity contribution in [2.45, 2.75) is 18.9 Å². The predicted octanol–water partition coefficient (Wildman–Crippen LogP) is 4.49. The molecular weight excluding hydrogens is 271 g/mol. The van der Waals surface area contributed by atoms with Crippen molar-refractivity contribution in [1.82, 2.24) is 0 Å². The van der Waals surface area contributed by atoms with Crippen LogP contribution in [-0.4, -0.2) is 5.11 Å². The van der Waals surface area contributed by atoms with Gasteiger partial charge in [-0.15, -0.1) is 11.3 Å². The summed E-state index contributed by atoms with van der Waals surface area (Å²) < 4.78 is 14.8. The summed E-state index contributed by atoms with van der Waals surface area (Å²) in [6.07, 6.45) is 0.261. The molecule has 1 aromatic heterocycles. The molecule has 1 atom stereocenters. The van der Waals surface area contributed by atoms with Crippen molar-refractivity contribution in [3.63, 3.8) is 0 Å². The molecule has 2 aromatic carbocycles. The SMILES string of the molecule is CC(O)(Cc1ccccc1F)c1cccc2ccsc12. The van der Waals surface area contributed by atoms with Gasteiger partial charge in [-0.05, 0) is 35.4 Å². The summed E-state index contributed by atoms with van der Waals surface area (Å²) in [5, 5.41) is 13.9. The second-order valence-electron chi connectivity index (χ2n) is 5.19. The summed E-state index contributed by atoms with van der Waals surface area (Å²) in [6.45, 7) is 1.74. The van der Waals surface area contributed by atoms with Gasteiger partial charge in [-0.1, -0.05) is 36.4 Å². The molecule has 0 saturated heterocycles. The summed E-state index contributed by atoms with van der Waals surface area (Å²) in [5.41, 5.74) is 0.298. The van der Waals surface area contributed by atoms with E-state index in [1.54, 1.807) is 36.5 Å². The van der Waals surface area contributed by atoms with Crippen molar-refractivity contribution in [3.8, 4) is 0 Å². The minimum atomic E-state index is -1.09. The number of hydrogen-bond acceptors (Lipinski definition) is 2. The van der Waals surface area contributed by atoms with Crippen LogP contribution >= 0.6 is 11.3 Å². The van der Waals surface area contributed by atoms with Crippen LogP contribution in [0.25, 0.3) is 10.1 Å². The van der Waals surface area contributed by atoms with Gasteiger partial charge in [-0.3, -0.25) is 0 Å². The summed E-state index contributed by atoms with van der Waals surface area (Å²) >= 11 is 1.60. The Hall–Kier alpha value is -1.71. The standard InChI is InChI=1S/C17H15FOS/c1-17(19,11-13-5-2-3-8-15(13)18)14-7-4-6-12-9-10-20-16(12)14/h2-10,19H,11H2,1H3. The highest BCUT2D eigenvalue weighted by atomic mass is 32.1. The summed E-state index contributed by atoms with van der Waals surface area (Å²) in [4.78, 5) is 0. The Bertz CT molecular complexity index is 745. The molecule has 0 aliphatic heterocycles. The van der Waals surface area contributed by atoms with Crippen LogP contribution < -0.4 is 0 Å². The van der Waals surface area contributed by atoms with Gasteiger partial charge in [0.25, 0.3) is 0 Å². The molecule has 1 unspecified atom stereocenters. The van der Waals surface area contributed by atoms with Crippen LogP contribution in [-0.2, 0) is 12.0 Å². The highest BCUT2D eigenvalue weighted by Crippen LogP contribution is 2.34. The number of halogens is 1. The van der Waals surface area contributed by atoms with Crippen LogP contribution in [0, 0.1) is 5.82 Å². The fourth-order valence-electron chi connectivity index (χ4n) is 2.52. The van der Waals surface area contributed by atoms with Crippen molar-refractivity contribution in [2.75, 3.05) is 0 Å². The zero-order valence-electron chi connectivity index (χ0n) is 11.1. The van der Waals surface area contributed by atoms with Crippen LogP contribution in [0.5, 0.6) is 0 Å². The molecule has 0 fully saturated rings. The highest BCUT2D eigenvalue weighted by Gasteiger charge is 2.27. The second kappa shape index (κ2) is 5.00. The molecule has 3 heteroatoms. The molecular formula is C17H15FOS. The molecule has 0 radical (unpaired) electrons. The molecule has 102 valence electrons.